The Hall–Kier alpha value is -2.68. The summed E-state index contributed by atoms with van der Waals surface area (Å²) < 4.78 is 4.42. The molecule has 1 aliphatic heterocycles. The number of hydrogen-bond donors (Lipinski definition) is 2. The highest BCUT2D eigenvalue weighted by Gasteiger charge is 2.24. The van der Waals surface area contributed by atoms with Gasteiger partial charge in [0.05, 0.1) is 35.0 Å². The van der Waals surface area contributed by atoms with Gasteiger partial charge < -0.3 is 14.6 Å². The number of rotatable bonds is 4. The minimum Gasteiger partial charge on any atom is -0.358 e. The van der Waals surface area contributed by atoms with E-state index in [4.69, 9.17) is 5.26 Å². The molecule has 0 bridgehead atoms. The molecule has 0 saturated carbocycles. The van der Waals surface area contributed by atoms with Crippen molar-refractivity contribution >= 4 is 45.0 Å². The summed E-state index contributed by atoms with van der Waals surface area (Å²) in [6, 6.07) is 8.60. The van der Waals surface area contributed by atoms with Crippen LogP contribution in [0.1, 0.15) is 31.4 Å². The first-order chi connectivity index (χ1) is 13.7. The van der Waals surface area contributed by atoms with Crippen LogP contribution in [0.5, 0.6) is 0 Å². The van der Waals surface area contributed by atoms with Crippen LogP contribution in [-0.4, -0.2) is 23.1 Å². The smallest absolute Gasteiger partial charge is 0.186 e. The number of anilines is 2. The van der Waals surface area contributed by atoms with Crippen LogP contribution in [0.3, 0.4) is 0 Å². The minimum absolute atomic E-state index is 0.108. The lowest BCUT2D eigenvalue weighted by Gasteiger charge is -2.12. The normalized spacial score (nSPS) is 15.6. The van der Waals surface area contributed by atoms with Crippen LogP contribution < -0.4 is 9.62 Å². The molecule has 8 heteroatoms. The van der Waals surface area contributed by atoms with Gasteiger partial charge in [0.25, 0.3) is 0 Å². The molecule has 2 aromatic heterocycles. The van der Waals surface area contributed by atoms with Crippen LogP contribution in [0, 0.1) is 35.5 Å². The molecule has 1 saturated heterocycles. The van der Waals surface area contributed by atoms with Crippen LogP contribution in [0.15, 0.2) is 28.7 Å². The van der Waals surface area contributed by atoms with Crippen molar-refractivity contribution in [2.24, 2.45) is 5.92 Å². The fraction of sp³-hybridized carbons (Fsp3) is 0.350. The zero-order chi connectivity index (χ0) is 20.1. The van der Waals surface area contributed by atoms with Crippen LogP contribution in [0.4, 0.5) is 10.8 Å². The molecule has 144 valence electrons. The number of aromatic amines is 1. The number of benzene rings is 1. The maximum absolute atomic E-state index is 9.26. The Balaban J connectivity index is 0.00000109. The summed E-state index contributed by atoms with van der Waals surface area (Å²) in [5.41, 5.74) is 3.62. The van der Waals surface area contributed by atoms with Crippen molar-refractivity contribution in [1.82, 2.24) is 9.97 Å². The highest BCUT2D eigenvalue weighted by Crippen LogP contribution is 2.35. The van der Waals surface area contributed by atoms with E-state index in [1.807, 2.05) is 39.1 Å². The Morgan fingerprint density at radius 1 is 1.36 bits per heavy atom. The topological polar surface area (TPSA) is 91.5 Å². The summed E-state index contributed by atoms with van der Waals surface area (Å²) in [7, 11) is 0. The van der Waals surface area contributed by atoms with E-state index in [0.717, 1.165) is 51.0 Å². The number of hydrogen-bond acceptors (Lipinski definition) is 7. The highest BCUT2D eigenvalue weighted by atomic mass is 32.2. The van der Waals surface area contributed by atoms with Gasteiger partial charge in [-0.15, -0.1) is 0 Å². The Morgan fingerprint density at radius 2 is 2.18 bits per heavy atom. The molecule has 0 unspecified atom stereocenters. The van der Waals surface area contributed by atoms with E-state index < -0.39 is 0 Å². The number of aryl methyl sites for hydroxylation is 1. The minimum atomic E-state index is 0.108. The first-order valence-electron chi connectivity index (χ1n) is 9.23. The van der Waals surface area contributed by atoms with Gasteiger partial charge in [-0.05, 0) is 36.9 Å². The van der Waals surface area contributed by atoms with Crippen molar-refractivity contribution in [2.45, 2.75) is 31.4 Å². The van der Waals surface area contributed by atoms with Gasteiger partial charge in [-0.3, -0.25) is 0 Å². The number of aromatic nitrogens is 2. The van der Waals surface area contributed by atoms with E-state index in [-0.39, 0.29) is 5.92 Å². The second-order valence-electron chi connectivity index (χ2n) is 6.22. The fourth-order valence-electron chi connectivity index (χ4n) is 3.18. The van der Waals surface area contributed by atoms with Gasteiger partial charge in [-0.2, -0.15) is 10.5 Å². The van der Waals surface area contributed by atoms with Crippen LogP contribution in [0.2, 0.25) is 0 Å². The van der Waals surface area contributed by atoms with Gasteiger partial charge in [0.1, 0.15) is 10.3 Å². The van der Waals surface area contributed by atoms with Gasteiger partial charge >= 0.3 is 0 Å². The van der Waals surface area contributed by atoms with E-state index in [9.17, 15) is 5.26 Å². The summed E-state index contributed by atoms with van der Waals surface area (Å²) >= 11 is 3.13. The standard InChI is InChI=1S/C18H16N6S2.C2H6/c1-11-2-3-14(17-16(11)13(7-20)8-21-17)23-26-15-9-22-18(25-15)24-5-4-12(6-19)10-24;1-2/h2-3,8-9,12,21,23H,4-5,10H2,1H3;1-2H3/t12-;/m1./s1. The van der Waals surface area contributed by atoms with Crippen molar-refractivity contribution in [3.8, 4) is 12.1 Å². The molecule has 1 aliphatic rings. The van der Waals surface area contributed by atoms with E-state index in [1.165, 1.54) is 11.9 Å². The number of thiazole rings is 1. The number of nitriles is 2. The van der Waals surface area contributed by atoms with E-state index in [1.54, 1.807) is 17.5 Å². The molecular formula is C20H22N6S2. The van der Waals surface area contributed by atoms with E-state index in [0.29, 0.717) is 5.56 Å². The van der Waals surface area contributed by atoms with Gasteiger partial charge in [0.2, 0.25) is 0 Å². The molecular weight excluding hydrogens is 388 g/mol. The highest BCUT2D eigenvalue weighted by molar-refractivity contribution is 8.02. The molecule has 6 nitrogen and oxygen atoms in total. The quantitative estimate of drug-likeness (QED) is 0.567. The maximum atomic E-state index is 9.26. The Kier molecular flexibility index (Phi) is 6.45. The number of H-pyrrole nitrogens is 1. The summed E-state index contributed by atoms with van der Waals surface area (Å²) in [6.45, 7) is 7.66. The zero-order valence-electron chi connectivity index (χ0n) is 16.1. The van der Waals surface area contributed by atoms with Gasteiger partial charge in [0, 0.05) is 24.7 Å². The van der Waals surface area contributed by atoms with E-state index in [2.05, 4.69) is 31.7 Å². The lowest BCUT2D eigenvalue weighted by molar-refractivity contribution is 0.754. The third kappa shape index (κ3) is 3.94. The van der Waals surface area contributed by atoms with Gasteiger partial charge in [-0.25, -0.2) is 4.98 Å². The third-order valence-corrected chi connectivity index (χ3v) is 6.52. The Labute approximate surface area is 173 Å². The predicted octanol–water partition coefficient (Wildman–Crippen LogP) is 5.30. The molecule has 3 heterocycles. The van der Waals surface area contributed by atoms with Gasteiger partial charge in [0.15, 0.2) is 5.13 Å². The molecule has 3 aromatic rings. The lowest BCUT2D eigenvalue weighted by atomic mass is 10.1. The van der Waals surface area contributed by atoms with Crippen LogP contribution in [-0.2, 0) is 0 Å². The Morgan fingerprint density at radius 3 is 2.89 bits per heavy atom. The molecule has 0 aliphatic carbocycles. The summed E-state index contributed by atoms with van der Waals surface area (Å²) in [6.07, 6.45) is 4.52. The van der Waals surface area contributed by atoms with Crippen LogP contribution >= 0.6 is 23.3 Å². The molecule has 4 rings (SSSR count). The maximum Gasteiger partial charge on any atom is 0.186 e. The monoisotopic (exact) mass is 410 g/mol. The molecule has 1 atom stereocenters. The summed E-state index contributed by atoms with van der Waals surface area (Å²) in [4.78, 5) is 9.87. The molecule has 1 fully saturated rings. The summed E-state index contributed by atoms with van der Waals surface area (Å²) in [5.74, 6) is 0.108. The van der Waals surface area contributed by atoms with Crippen molar-refractivity contribution in [1.29, 1.82) is 10.5 Å². The number of nitrogens with one attached hydrogen (secondary N) is 2. The third-order valence-electron chi connectivity index (χ3n) is 4.54. The van der Waals surface area contributed by atoms with Crippen molar-refractivity contribution in [3.05, 3.63) is 35.7 Å². The molecule has 0 radical (unpaired) electrons. The lowest BCUT2D eigenvalue weighted by Crippen LogP contribution is -2.18. The first-order valence-corrected chi connectivity index (χ1v) is 10.9. The first kappa shape index (κ1) is 20.1. The second kappa shape index (κ2) is 9.01. The average molecular weight is 411 g/mol. The van der Waals surface area contributed by atoms with Crippen molar-refractivity contribution < 1.29 is 0 Å². The molecule has 1 aromatic carbocycles. The number of fused-ring (bicyclic) bond motifs is 1. The molecule has 2 N–H and O–H groups in total. The van der Waals surface area contributed by atoms with Crippen molar-refractivity contribution in [2.75, 3.05) is 22.7 Å². The van der Waals surface area contributed by atoms with E-state index >= 15 is 0 Å². The van der Waals surface area contributed by atoms with Gasteiger partial charge in [-0.1, -0.05) is 31.3 Å². The second-order valence-corrected chi connectivity index (χ2v) is 8.34. The molecule has 28 heavy (non-hydrogen) atoms. The Bertz CT molecular complexity index is 1040. The zero-order valence-corrected chi connectivity index (χ0v) is 17.7. The summed E-state index contributed by atoms with van der Waals surface area (Å²) in [5, 5.41) is 20.2. The van der Waals surface area contributed by atoms with Crippen LogP contribution in [0.25, 0.3) is 10.9 Å². The molecule has 0 spiro atoms. The number of nitrogens with zero attached hydrogens (tertiary/aromatic N) is 4. The largest absolute Gasteiger partial charge is 0.358 e. The predicted molar refractivity (Wildman–Crippen MR) is 117 cm³/mol. The molecule has 0 amide bonds. The average Bonchev–Trinajstić information content (AvgIpc) is 3.47. The van der Waals surface area contributed by atoms with Crippen molar-refractivity contribution in [3.63, 3.8) is 0 Å². The SMILES string of the molecule is CC.Cc1ccc(NSc2cnc(N3CC[C@H](C#N)C3)s2)c2[nH]cc(C#N)c12. The fourth-order valence-corrected chi connectivity index (χ4v) is 4.87.